The van der Waals surface area contributed by atoms with E-state index in [-0.39, 0.29) is 10.9 Å². The molecular formula is C19H21Cl2N3O2S. The van der Waals surface area contributed by atoms with Crippen molar-refractivity contribution >= 4 is 46.8 Å². The second-order valence-corrected chi connectivity index (χ2v) is 7.81. The highest BCUT2D eigenvalue weighted by molar-refractivity contribution is 7.98. The third kappa shape index (κ3) is 6.41. The van der Waals surface area contributed by atoms with Crippen molar-refractivity contribution in [1.29, 1.82) is 0 Å². The van der Waals surface area contributed by atoms with Crippen molar-refractivity contribution in [3.63, 3.8) is 0 Å². The summed E-state index contributed by atoms with van der Waals surface area (Å²) < 4.78 is 0. The molecule has 1 atom stereocenters. The molecule has 2 rings (SSSR count). The first-order chi connectivity index (χ1) is 12.9. The van der Waals surface area contributed by atoms with Crippen LogP contribution in [0, 0.1) is 0 Å². The molecule has 1 heterocycles. The SMILES string of the molecule is CSCCC(NC(=O)c1ccc(Cl)cc1Cl)C(=O)N(C)Cc1ccncc1. The van der Waals surface area contributed by atoms with E-state index in [0.717, 1.165) is 11.3 Å². The van der Waals surface area contributed by atoms with Gasteiger partial charge in [-0.25, -0.2) is 0 Å². The fraction of sp³-hybridized carbons (Fsp3) is 0.316. The quantitative estimate of drug-likeness (QED) is 0.696. The van der Waals surface area contributed by atoms with Gasteiger partial charge in [0.15, 0.2) is 0 Å². The molecule has 1 unspecified atom stereocenters. The Bertz CT molecular complexity index is 790. The number of benzene rings is 1. The lowest BCUT2D eigenvalue weighted by molar-refractivity contribution is -0.132. The van der Waals surface area contributed by atoms with Gasteiger partial charge in [-0.1, -0.05) is 23.2 Å². The second kappa shape index (κ2) is 10.5. The van der Waals surface area contributed by atoms with E-state index < -0.39 is 11.9 Å². The second-order valence-electron chi connectivity index (χ2n) is 5.98. The number of nitrogens with zero attached hydrogens (tertiary/aromatic N) is 2. The fourth-order valence-corrected chi connectivity index (χ4v) is 3.47. The van der Waals surface area contributed by atoms with E-state index in [0.29, 0.717) is 23.6 Å². The monoisotopic (exact) mass is 425 g/mol. The lowest BCUT2D eigenvalue weighted by Gasteiger charge is -2.25. The molecule has 1 aromatic carbocycles. The van der Waals surface area contributed by atoms with Crippen molar-refractivity contribution in [1.82, 2.24) is 15.2 Å². The highest BCUT2D eigenvalue weighted by Crippen LogP contribution is 2.21. The van der Waals surface area contributed by atoms with Crippen LogP contribution in [0.15, 0.2) is 42.7 Å². The van der Waals surface area contributed by atoms with Crippen molar-refractivity contribution in [3.05, 3.63) is 63.9 Å². The normalized spacial score (nSPS) is 11.7. The van der Waals surface area contributed by atoms with Crippen LogP contribution in [0.2, 0.25) is 10.0 Å². The molecule has 0 aliphatic rings. The Morgan fingerprint density at radius 1 is 1.22 bits per heavy atom. The minimum absolute atomic E-state index is 0.153. The number of nitrogens with one attached hydrogen (secondary N) is 1. The molecule has 144 valence electrons. The Morgan fingerprint density at radius 2 is 1.93 bits per heavy atom. The average Bonchev–Trinajstić information content (AvgIpc) is 2.65. The number of rotatable bonds is 8. The number of pyridine rings is 1. The third-order valence-corrected chi connectivity index (χ3v) is 5.13. The summed E-state index contributed by atoms with van der Waals surface area (Å²) in [5.74, 6) is 0.196. The van der Waals surface area contributed by atoms with Gasteiger partial charge in [-0.3, -0.25) is 14.6 Å². The Labute approximate surface area is 173 Å². The largest absolute Gasteiger partial charge is 0.340 e. The van der Waals surface area contributed by atoms with Crippen LogP contribution in [0.5, 0.6) is 0 Å². The van der Waals surface area contributed by atoms with Crippen LogP contribution in [-0.2, 0) is 11.3 Å². The first kappa shape index (κ1) is 21.5. The van der Waals surface area contributed by atoms with Gasteiger partial charge in [0.25, 0.3) is 5.91 Å². The summed E-state index contributed by atoms with van der Waals surface area (Å²) in [6, 6.07) is 7.72. The van der Waals surface area contributed by atoms with Crippen molar-refractivity contribution in [2.24, 2.45) is 0 Å². The summed E-state index contributed by atoms with van der Waals surface area (Å²) in [6.07, 6.45) is 5.85. The molecule has 2 amide bonds. The summed E-state index contributed by atoms with van der Waals surface area (Å²) in [4.78, 5) is 31.1. The molecule has 0 fully saturated rings. The topological polar surface area (TPSA) is 62.3 Å². The summed E-state index contributed by atoms with van der Waals surface area (Å²) >= 11 is 13.6. The molecule has 0 aliphatic carbocycles. The number of hydrogen-bond donors (Lipinski definition) is 1. The zero-order valence-electron chi connectivity index (χ0n) is 15.1. The number of hydrogen-bond acceptors (Lipinski definition) is 4. The molecule has 1 aromatic heterocycles. The molecule has 0 spiro atoms. The molecule has 5 nitrogen and oxygen atoms in total. The Kier molecular flexibility index (Phi) is 8.41. The van der Waals surface area contributed by atoms with E-state index in [1.807, 2.05) is 18.4 Å². The zero-order chi connectivity index (χ0) is 19.8. The van der Waals surface area contributed by atoms with Gasteiger partial charge in [0.05, 0.1) is 10.6 Å². The van der Waals surface area contributed by atoms with Crippen LogP contribution in [0.3, 0.4) is 0 Å². The van der Waals surface area contributed by atoms with Gasteiger partial charge in [0.2, 0.25) is 5.91 Å². The molecule has 8 heteroatoms. The Balaban J connectivity index is 2.10. The van der Waals surface area contributed by atoms with Gasteiger partial charge in [0.1, 0.15) is 6.04 Å². The number of likely N-dealkylation sites (N-methyl/N-ethyl adjacent to an activating group) is 1. The molecule has 0 saturated heterocycles. The van der Waals surface area contributed by atoms with Crippen molar-refractivity contribution in [2.75, 3.05) is 19.1 Å². The minimum atomic E-state index is -0.636. The molecule has 0 bridgehead atoms. The number of carbonyl (C=O) groups is 2. The van der Waals surface area contributed by atoms with Gasteiger partial charge in [-0.2, -0.15) is 11.8 Å². The number of thioether (sulfide) groups is 1. The lowest BCUT2D eigenvalue weighted by atomic mass is 10.1. The van der Waals surface area contributed by atoms with Crippen molar-refractivity contribution in [3.8, 4) is 0 Å². The predicted octanol–water partition coefficient (Wildman–Crippen LogP) is 3.90. The smallest absolute Gasteiger partial charge is 0.253 e. The van der Waals surface area contributed by atoms with Crippen molar-refractivity contribution < 1.29 is 9.59 Å². The van der Waals surface area contributed by atoms with E-state index in [1.165, 1.54) is 6.07 Å². The highest BCUT2D eigenvalue weighted by Gasteiger charge is 2.25. The van der Waals surface area contributed by atoms with Crippen LogP contribution >= 0.6 is 35.0 Å². The lowest BCUT2D eigenvalue weighted by Crippen LogP contribution is -2.47. The number of halogens is 2. The Hall–Kier alpha value is -1.76. The molecule has 27 heavy (non-hydrogen) atoms. The van der Waals surface area contributed by atoms with Crippen molar-refractivity contribution in [2.45, 2.75) is 19.0 Å². The first-order valence-corrected chi connectivity index (χ1v) is 10.5. The third-order valence-electron chi connectivity index (χ3n) is 3.94. The van der Waals surface area contributed by atoms with E-state index in [9.17, 15) is 9.59 Å². The van der Waals surface area contributed by atoms with Crippen LogP contribution in [-0.4, -0.2) is 46.8 Å². The number of amides is 2. The van der Waals surface area contributed by atoms with E-state index in [2.05, 4.69) is 10.3 Å². The molecule has 0 radical (unpaired) electrons. The molecular weight excluding hydrogens is 405 g/mol. The average molecular weight is 426 g/mol. The van der Waals surface area contributed by atoms with Crippen LogP contribution in [0.25, 0.3) is 0 Å². The van der Waals surface area contributed by atoms with E-state index >= 15 is 0 Å². The standard InChI is InChI=1S/C19H21Cl2N3O2S/c1-24(12-13-5-8-22-9-6-13)19(26)17(7-10-27-2)23-18(25)15-4-3-14(20)11-16(15)21/h3-6,8-9,11,17H,7,10,12H2,1-2H3,(H,23,25). The summed E-state index contributed by atoms with van der Waals surface area (Å²) in [7, 11) is 1.72. The van der Waals surface area contributed by atoms with Gasteiger partial charge in [0, 0.05) is 31.0 Å². The number of aromatic nitrogens is 1. The predicted molar refractivity (Wildman–Crippen MR) is 111 cm³/mol. The van der Waals surface area contributed by atoms with Crippen LogP contribution in [0.1, 0.15) is 22.3 Å². The summed E-state index contributed by atoms with van der Waals surface area (Å²) in [6.45, 7) is 0.439. The van der Waals surface area contributed by atoms with E-state index in [4.69, 9.17) is 23.2 Å². The first-order valence-electron chi connectivity index (χ1n) is 8.31. The van der Waals surface area contributed by atoms with Gasteiger partial charge in [-0.15, -0.1) is 0 Å². The fourth-order valence-electron chi connectivity index (χ4n) is 2.51. The molecule has 2 aromatic rings. The molecule has 0 saturated carbocycles. The maximum Gasteiger partial charge on any atom is 0.253 e. The summed E-state index contributed by atoms with van der Waals surface area (Å²) in [5, 5.41) is 3.51. The molecule has 0 aliphatic heterocycles. The zero-order valence-corrected chi connectivity index (χ0v) is 17.4. The van der Waals surface area contributed by atoms with Gasteiger partial charge in [-0.05, 0) is 54.3 Å². The van der Waals surface area contributed by atoms with Crippen LogP contribution < -0.4 is 5.32 Å². The van der Waals surface area contributed by atoms with Crippen LogP contribution in [0.4, 0.5) is 0 Å². The van der Waals surface area contributed by atoms with Gasteiger partial charge < -0.3 is 10.2 Å². The maximum atomic E-state index is 12.9. The molecule has 1 N–H and O–H groups in total. The van der Waals surface area contributed by atoms with Gasteiger partial charge >= 0.3 is 0 Å². The maximum absolute atomic E-state index is 12.9. The number of carbonyl (C=O) groups excluding carboxylic acids is 2. The highest BCUT2D eigenvalue weighted by atomic mass is 35.5. The minimum Gasteiger partial charge on any atom is -0.340 e. The Morgan fingerprint density at radius 3 is 2.56 bits per heavy atom. The summed E-state index contributed by atoms with van der Waals surface area (Å²) in [5.41, 5.74) is 1.26. The van der Waals surface area contributed by atoms with E-state index in [1.54, 1.807) is 48.2 Å².